The quantitative estimate of drug-likeness (QED) is 0.176. The second kappa shape index (κ2) is 9.43. The predicted molar refractivity (Wildman–Crippen MR) is 141 cm³/mol. The summed E-state index contributed by atoms with van der Waals surface area (Å²) in [5, 5.41) is 1.67. The molecule has 0 bridgehead atoms. The fourth-order valence-corrected chi connectivity index (χ4v) is 6.26. The Morgan fingerprint density at radius 1 is 1.20 bits per heavy atom. The number of fused-ring (bicyclic) bond motifs is 3. The zero-order chi connectivity index (χ0) is 24.7. The standard InChI is InChI=1S/C26H23ClN2O4S2/c1-26(2)12-19-21(13-33-26)35-23-22(19)24(31)29(17-8-10-18(32-3)11-9-17)25(28-23)34-14-20(30)15-4-6-16(27)7-5-15/h4-11H,12-14H2,1-3H3. The third-order valence-corrected chi connectivity index (χ3v) is 8.19. The summed E-state index contributed by atoms with van der Waals surface area (Å²) in [5.74, 6) is 0.759. The van der Waals surface area contributed by atoms with E-state index < -0.39 is 0 Å². The van der Waals surface area contributed by atoms with Crippen molar-refractivity contribution in [1.82, 2.24) is 9.55 Å². The summed E-state index contributed by atoms with van der Waals surface area (Å²) in [6.07, 6.45) is 0.642. The lowest BCUT2D eigenvalue weighted by Crippen LogP contribution is -2.32. The van der Waals surface area contributed by atoms with E-state index in [1.165, 1.54) is 23.1 Å². The molecular formula is C26H23ClN2O4S2. The van der Waals surface area contributed by atoms with Gasteiger partial charge in [0.05, 0.1) is 36.1 Å². The molecule has 5 rings (SSSR count). The van der Waals surface area contributed by atoms with Gasteiger partial charge in [-0.15, -0.1) is 11.3 Å². The van der Waals surface area contributed by atoms with E-state index in [9.17, 15) is 9.59 Å². The fraction of sp³-hybridized carbons (Fsp3) is 0.269. The molecule has 2 aromatic carbocycles. The van der Waals surface area contributed by atoms with E-state index in [1.54, 1.807) is 48.1 Å². The van der Waals surface area contributed by atoms with Crippen molar-refractivity contribution in [1.29, 1.82) is 0 Å². The Labute approximate surface area is 215 Å². The van der Waals surface area contributed by atoms with Crippen molar-refractivity contribution >= 4 is 50.7 Å². The number of ether oxygens (including phenoxy) is 2. The van der Waals surface area contributed by atoms with Crippen LogP contribution in [0.2, 0.25) is 5.02 Å². The first-order valence-corrected chi connectivity index (χ1v) is 13.2. The van der Waals surface area contributed by atoms with Crippen LogP contribution in [0.3, 0.4) is 0 Å². The van der Waals surface area contributed by atoms with Crippen LogP contribution in [-0.2, 0) is 17.8 Å². The highest BCUT2D eigenvalue weighted by molar-refractivity contribution is 7.99. The smallest absolute Gasteiger partial charge is 0.267 e. The lowest BCUT2D eigenvalue weighted by molar-refractivity contribution is -0.0379. The fourth-order valence-electron chi connectivity index (χ4n) is 4.08. The highest BCUT2D eigenvalue weighted by Crippen LogP contribution is 2.38. The van der Waals surface area contributed by atoms with Gasteiger partial charge in [-0.2, -0.15) is 0 Å². The number of aromatic nitrogens is 2. The average Bonchev–Trinajstić information content (AvgIpc) is 3.20. The minimum absolute atomic E-state index is 0.0667. The zero-order valence-corrected chi connectivity index (χ0v) is 21.9. The molecule has 9 heteroatoms. The number of carbonyl (C=O) groups excluding carboxylic acids is 1. The maximum absolute atomic E-state index is 13.9. The summed E-state index contributed by atoms with van der Waals surface area (Å²) in [6, 6.07) is 14.0. The summed E-state index contributed by atoms with van der Waals surface area (Å²) in [6.45, 7) is 4.52. The number of rotatable bonds is 6. The highest BCUT2D eigenvalue weighted by Gasteiger charge is 2.31. The molecule has 2 aromatic heterocycles. The Morgan fingerprint density at radius 3 is 2.60 bits per heavy atom. The van der Waals surface area contributed by atoms with Crippen molar-refractivity contribution in [3.8, 4) is 11.4 Å². The molecule has 0 N–H and O–H groups in total. The van der Waals surface area contributed by atoms with Gasteiger partial charge in [-0.25, -0.2) is 4.98 Å². The van der Waals surface area contributed by atoms with E-state index in [2.05, 4.69) is 0 Å². The highest BCUT2D eigenvalue weighted by atomic mass is 35.5. The maximum Gasteiger partial charge on any atom is 0.267 e. The second-order valence-corrected chi connectivity index (χ2v) is 11.3. The van der Waals surface area contributed by atoms with Crippen LogP contribution in [0.15, 0.2) is 58.5 Å². The normalized spacial score (nSPS) is 14.6. The molecule has 1 aliphatic heterocycles. The molecule has 0 spiro atoms. The number of carbonyl (C=O) groups is 1. The van der Waals surface area contributed by atoms with Crippen LogP contribution in [0, 0.1) is 0 Å². The van der Waals surface area contributed by atoms with Crippen molar-refractivity contribution in [2.45, 2.75) is 37.6 Å². The number of thiophene rings is 1. The topological polar surface area (TPSA) is 70.4 Å². The number of hydrogen-bond donors (Lipinski definition) is 0. The van der Waals surface area contributed by atoms with Gasteiger partial charge in [0.2, 0.25) is 0 Å². The molecule has 0 atom stereocenters. The van der Waals surface area contributed by atoms with E-state index in [0.717, 1.165) is 10.4 Å². The largest absolute Gasteiger partial charge is 0.497 e. The molecule has 0 unspecified atom stereocenters. The lowest BCUT2D eigenvalue weighted by Gasteiger charge is -2.29. The Balaban J connectivity index is 1.60. The van der Waals surface area contributed by atoms with Crippen LogP contribution < -0.4 is 10.3 Å². The molecule has 0 amide bonds. The third-order valence-electron chi connectivity index (χ3n) is 5.90. The molecule has 6 nitrogen and oxygen atoms in total. The molecule has 0 saturated heterocycles. The van der Waals surface area contributed by atoms with Crippen molar-refractivity contribution < 1.29 is 14.3 Å². The predicted octanol–water partition coefficient (Wildman–Crippen LogP) is 5.94. The number of thioether (sulfide) groups is 1. The summed E-state index contributed by atoms with van der Waals surface area (Å²) in [4.78, 5) is 33.4. The van der Waals surface area contributed by atoms with Crippen LogP contribution in [0.5, 0.6) is 5.75 Å². The van der Waals surface area contributed by atoms with Gasteiger partial charge >= 0.3 is 0 Å². The molecule has 0 aliphatic carbocycles. The molecule has 1 aliphatic rings. The minimum Gasteiger partial charge on any atom is -0.497 e. The number of halogens is 1. The summed E-state index contributed by atoms with van der Waals surface area (Å²) in [7, 11) is 1.60. The van der Waals surface area contributed by atoms with Gasteiger partial charge in [-0.1, -0.05) is 23.4 Å². The molecule has 0 radical (unpaired) electrons. The lowest BCUT2D eigenvalue weighted by atomic mass is 9.94. The Bertz CT molecular complexity index is 1470. The Kier molecular flexibility index (Phi) is 6.48. The van der Waals surface area contributed by atoms with Crippen LogP contribution in [0.4, 0.5) is 0 Å². The van der Waals surface area contributed by atoms with Crippen LogP contribution in [-0.4, -0.2) is 33.8 Å². The number of benzene rings is 2. The first-order valence-electron chi connectivity index (χ1n) is 11.0. The summed E-state index contributed by atoms with van der Waals surface area (Å²) < 4.78 is 12.8. The molecule has 35 heavy (non-hydrogen) atoms. The van der Waals surface area contributed by atoms with Gasteiger partial charge in [0, 0.05) is 21.9 Å². The second-order valence-electron chi connectivity index (χ2n) is 8.86. The minimum atomic E-state index is -0.350. The van der Waals surface area contributed by atoms with Crippen LogP contribution >= 0.6 is 34.7 Å². The van der Waals surface area contributed by atoms with Gasteiger partial charge in [0.25, 0.3) is 5.56 Å². The molecule has 3 heterocycles. The zero-order valence-electron chi connectivity index (χ0n) is 19.5. The molecule has 4 aromatic rings. The number of nitrogens with zero attached hydrogens (tertiary/aromatic N) is 2. The monoisotopic (exact) mass is 526 g/mol. The number of ketones is 1. The third kappa shape index (κ3) is 4.76. The number of hydrogen-bond acceptors (Lipinski definition) is 7. The molecular weight excluding hydrogens is 504 g/mol. The van der Waals surface area contributed by atoms with E-state index in [-0.39, 0.29) is 22.7 Å². The molecule has 0 fully saturated rings. The van der Waals surface area contributed by atoms with Gasteiger partial charge in [-0.05, 0) is 67.9 Å². The van der Waals surface area contributed by atoms with Gasteiger partial charge < -0.3 is 9.47 Å². The Morgan fingerprint density at radius 2 is 1.91 bits per heavy atom. The van der Waals surface area contributed by atoms with E-state index in [1.807, 2.05) is 26.0 Å². The van der Waals surface area contributed by atoms with Crippen LogP contribution in [0.1, 0.15) is 34.6 Å². The first-order chi connectivity index (χ1) is 16.8. The first kappa shape index (κ1) is 24.1. The van der Waals surface area contributed by atoms with Crippen molar-refractivity contribution in [3.05, 3.63) is 79.9 Å². The summed E-state index contributed by atoms with van der Waals surface area (Å²) >= 11 is 8.69. The van der Waals surface area contributed by atoms with Crippen molar-refractivity contribution in [2.24, 2.45) is 0 Å². The summed E-state index contributed by atoms with van der Waals surface area (Å²) in [5.41, 5.74) is 1.74. The maximum atomic E-state index is 13.9. The van der Waals surface area contributed by atoms with E-state index in [0.29, 0.717) is 50.4 Å². The van der Waals surface area contributed by atoms with Gasteiger partial charge in [0.15, 0.2) is 10.9 Å². The van der Waals surface area contributed by atoms with Crippen LogP contribution in [0.25, 0.3) is 15.9 Å². The Hall–Kier alpha value is -2.65. The average molecular weight is 527 g/mol. The van der Waals surface area contributed by atoms with Gasteiger partial charge in [0.1, 0.15) is 10.6 Å². The van der Waals surface area contributed by atoms with E-state index >= 15 is 0 Å². The number of Topliss-reactive ketones (excluding diaryl/α,β-unsaturated/α-hetero) is 1. The molecule has 180 valence electrons. The van der Waals surface area contributed by atoms with Crippen molar-refractivity contribution in [2.75, 3.05) is 12.9 Å². The molecule has 0 saturated carbocycles. The van der Waals surface area contributed by atoms with E-state index in [4.69, 9.17) is 26.1 Å². The SMILES string of the molecule is COc1ccc(-n2c(SCC(=O)c3ccc(Cl)cc3)nc3sc4c(c3c2=O)CC(C)(C)OC4)cc1. The number of methoxy groups -OCH3 is 1. The van der Waals surface area contributed by atoms with Gasteiger partial charge in [-0.3, -0.25) is 14.2 Å². The van der Waals surface area contributed by atoms with Crippen molar-refractivity contribution in [3.63, 3.8) is 0 Å².